The standard InChI is InChI=1S/C14H19N3O/c1-10-7-11(2)17(16-10)9-14(18)13-5-3-12(8-15)4-6-13/h3-7,14,18H,8-9,15H2,1-2H3. The van der Waals surface area contributed by atoms with Crippen molar-refractivity contribution in [3.8, 4) is 0 Å². The average Bonchev–Trinajstić information content (AvgIpc) is 2.68. The van der Waals surface area contributed by atoms with Crippen LogP contribution >= 0.6 is 0 Å². The predicted molar refractivity (Wildman–Crippen MR) is 71.0 cm³/mol. The number of nitrogens with two attached hydrogens (primary N) is 1. The highest BCUT2D eigenvalue weighted by Gasteiger charge is 2.10. The second kappa shape index (κ2) is 5.33. The van der Waals surface area contributed by atoms with E-state index in [4.69, 9.17) is 5.73 Å². The lowest BCUT2D eigenvalue weighted by molar-refractivity contribution is 0.150. The molecular formula is C14H19N3O. The Morgan fingerprint density at radius 3 is 2.44 bits per heavy atom. The zero-order valence-corrected chi connectivity index (χ0v) is 10.8. The van der Waals surface area contributed by atoms with Gasteiger partial charge in [-0.2, -0.15) is 5.10 Å². The monoisotopic (exact) mass is 245 g/mol. The van der Waals surface area contributed by atoms with Crippen LogP contribution in [0.1, 0.15) is 28.6 Å². The Kier molecular flexibility index (Phi) is 3.79. The quantitative estimate of drug-likeness (QED) is 0.861. The van der Waals surface area contributed by atoms with Crippen molar-refractivity contribution >= 4 is 0 Å². The second-order valence-corrected chi connectivity index (χ2v) is 4.57. The fourth-order valence-electron chi connectivity index (χ4n) is 2.00. The smallest absolute Gasteiger partial charge is 0.0985 e. The summed E-state index contributed by atoms with van der Waals surface area (Å²) in [5, 5.41) is 14.5. The fraction of sp³-hybridized carbons (Fsp3) is 0.357. The number of aromatic nitrogens is 2. The molecule has 4 heteroatoms. The normalized spacial score (nSPS) is 12.7. The van der Waals surface area contributed by atoms with Gasteiger partial charge in [0.2, 0.25) is 0 Å². The second-order valence-electron chi connectivity index (χ2n) is 4.57. The van der Waals surface area contributed by atoms with E-state index in [1.54, 1.807) is 0 Å². The first-order valence-electron chi connectivity index (χ1n) is 6.08. The summed E-state index contributed by atoms with van der Waals surface area (Å²) < 4.78 is 1.83. The van der Waals surface area contributed by atoms with Gasteiger partial charge in [-0.05, 0) is 31.0 Å². The molecule has 1 unspecified atom stereocenters. The molecule has 0 fully saturated rings. The van der Waals surface area contributed by atoms with Crippen molar-refractivity contribution in [1.82, 2.24) is 9.78 Å². The van der Waals surface area contributed by atoms with Gasteiger partial charge in [-0.15, -0.1) is 0 Å². The summed E-state index contributed by atoms with van der Waals surface area (Å²) in [5.74, 6) is 0. The highest BCUT2D eigenvalue weighted by molar-refractivity contribution is 5.24. The molecule has 1 aromatic carbocycles. The molecule has 0 bridgehead atoms. The highest BCUT2D eigenvalue weighted by Crippen LogP contribution is 2.16. The van der Waals surface area contributed by atoms with Gasteiger partial charge in [-0.1, -0.05) is 24.3 Å². The van der Waals surface area contributed by atoms with Gasteiger partial charge in [0.25, 0.3) is 0 Å². The number of rotatable bonds is 4. The molecule has 0 aliphatic rings. The van der Waals surface area contributed by atoms with Crippen LogP contribution in [0.5, 0.6) is 0 Å². The van der Waals surface area contributed by atoms with Crippen LogP contribution in [-0.2, 0) is 13.1 Å². The van der Waals surface area contributed by atoms with Crippen LogP contribution in [0.25, 0.3) is 0 Å². The molecule has 0 aliphatic heterocycles. The van der Waals surface area contributed by atoms with Gasteiger partial charge in [0.15, 0.2) is 0 Å². The Hall–Kier alpha value is -1.65. The van der Waals surface area contributed by atoms with Crippen LogP contribution in [0, 0.1) is 13.8 Å². The molecule has 1 atom stereocenters. The molecule has 0 aliphatic carbocycles. The Bertz CT molecular complexity index is 516. The van der Waals surface area contributed by atoms with Gasteiger partial charge in [-0.25, -0.2) is 0 Å². The van der Waals surface area contributed by atoms with Crippen LogP contribution in [0.3, 0.4) is 0 Å². The first-order chi connectivity index (χ1) is 8.60. The fourth-order valence-corrected chi connectivity index (χ4v) is 2.00. The van der Waals surface area contributed by atoms with Gasteiger partial charge < -0.3 is 10.8 Å². The number of aryl methyl sites for hydroxylation is 2. The lowest BCUT2D eigenvalue weighted by Crippen LogP contribution is -2.11. The van der Waals surface area contributed by atoms with Gasteiger partial charge in [-0.3, -0.25) is 4.68 Å². The minimum absolute atomic E-state index is 0.474. The molecule has 2 aromatic rings. The molecule has 0 saturated carbocycles. The third-order valence-electron chi connectivity index (χ3n) is 3.05. The summed E-state index contributed by atoms with van der Waals surface area (Å²) in [6.07, 6.45) is -0.546. The number of benzene rings is 1. The van der Waals surface area contributed by atoms with Gasteiger partial charge in [0.1, 0.15) is 0 Å². The van der Waals surface area contributed by atoms with E-state index in [2.05, 4.69) is 5.10 Å². The van der Waals surface area contributed by atoms with Crippen LogP contribution in [-0.4, -0.2) is 14.9 Å². The SMILES string of the molecule is Cc1cc(C)n(CC(O)c2ccc(CN)cc2)n1. The topological polar surface area (TPSA) is 64.1 Å². The van der Waals surface area contributed by atoms with Gasteiger partial charge >= 0.3 is 0 Å². The molecule has 96 valence electrons. The molecule has 0 radical (unpaired) electrons. The van der Waals surface area contributed by atoms with Crippen molar-refractivity contribution in [3.05, 3.63) is 52.8 Å². The lowest BCUT2D eigenvalue weighted by Gasteiger charge is -2.13. The van der Waals surface area contributed by atoms with Crippen molar-refractivity contribution in [2.75, 3.05) is 0 Å². The summed E-state index contributed by atoms with van der Waals surface area (Å²) in [7, 11) is 0. The molecule has 1 aromatic heterocycles. The first-order valence-corrected chi connectivity index (χ1v) is 6.08. The van der Waals surface area contributed by atoms with Gasteiger partial charge in [0.05, 0.1) is 18.3 Å². The Balaban J connectivity index is 2.11. The number of aliphatic hydroxyl groups excluding tert-OH is 1. The summed E-state index contributed by atoms with van der Waals surface area (Å²) in [6, 6.07) is 9.72. The average molecular weight is 245 g/mol. The van der Waals surface area contributed by atoms with E-state index in [1.807, 2.05) is 48.9 Å². The van der Waals surface area contributed by atoms with E-state index in [0.717, 1.165) is 22.5 Å². The van der Waals surface area contributed by atoms with E-state index < -0.39 is 6.10 Å². The molecule has 1 heterocycles. The molecule has 2 rings (SSSR count). The van der Waals surface area contributed by atoms with Crippen LogP contribution in [0.2, 0.25) is 0 Å². The zero-order valence-electron chi connectivity index (χ0n) is 10.8. The Morgan fingerprint density at radius 1 is 1.28 bits per heavy atom. The minimum Gasteiger partial charge on any atom is -0.386 e. The summed E-state index contributed by atoms with van der Waals surface area (Å²) in [6.45, 7) is 4.94. The van der Waals surface area contributed by atoms with Crippen molar-refractivity contribution in [2.24, 2.45) is 5.73 Å². The zero-order chi connectivity index (χ0) is 13.1. The van der Waals surface area contributed by atoms with Crippen LogP contribution in [0.4, 0.5) is 0 Å². The Morgan fingerprint density at radius 2 is 1.94 bits per heavy atom. The lowest BCUT2D eigenvalue weighted by atomic mass is 10.1. The minimum atomic E-state index is -0.546. The van der Waals surface area contributed by atoms with Crippen molar-refractivity contribution in [3.63, 3.8) is 0 Å². The van der Waals surface area contributed by atoms with E-state index in [1.165, 1.54) is 0 Å². The molecule has 4 nitrogen and oxygen atoms in total. The summed E-state index contributed by atoms with van der Waals surface area (Å²) in [4.78, 5) is 0. The van der Waals surface area contributed by atoms with E-state index >= 15 is 0 Å². The predicted octanol–water partition coefficient (Wildman–Crippen LogP) is 1.69. The third kappa shape index (κ3) is 2.78. The molecule has 0 amide bonds. The van der Waals surface area contributed by atoms with Crippen molar-refractivity contribution in [2.45, 2.75) is 33.0 Å². The van der Waals surface area contributed by atoms with Crippen LogP contribution < -0.4 is 5.73 Å². The Labute approximate surface area is 107 Å². The number of hydrogen-bond donors (Lipinski definition) is 2. The molecule has 0 spiro atoms. The molecule has 3 N–H and O–H groups in total. The number of nitrogens with zero attached hydrogens (tertiary/aromatic N) is 2. The molecule has 18 heavy (non-hydrogen) atoms. The van der Waals surface area contributed by atoms with E-state index in [9.17, 15) is 5.11 Å². The largest absolute Gasteiger partial charge is 0.386 e. The summed E-state index contributed by atoms with van der Waals surface area (Å²) >= 11 is 0. The van der Waals surface area contributed by atoms with Gasteiger partial charge in [0, 0.05) is 12.2 Å². The first kappa shape index (κ1) is 12.8. The number of aliphatic hydroxyl groups is 1. The van der Waals surface area contributed by atoms with E-state index in [-0.39, 0.29) is 0 Å². The maximum atomic E-state index is 10.2. The van der Waals surface area contributed by atoms with Crippen molar-refractivity contribution < 1.29 is 5.11 Å². The van der Waals surface area contributed by atoms with Crippen LogP contribution in [0.15, 0.2) is 30.3 Å². The molecule has 0 saturated heterocycles. The maximum absolute atomic E-state index is 10.2. The summed E-state index contributed by atoms with van der Waals surface area (Å²) in [5.41, 5.74) is 9.53. The molecular weight excluding hydrogens is 226 g/mol. The highest BCUT2D eigenvalue weighted by atomic mass is 16.3. The van der Waals surface area contributed by atoms with Crippen molar-refractivity contribution in [1.29, 1.82) is 0 Å². The van der Waals surface area contributed by atoms with E-state index in [0.29, 0.717) is 13.1 Å². The number of hydrogen-bond acceptors (Lipinski definition) is 3. The maximum Gasteiger partial charge on any atom is 0.0985 e. The third-order valence-corrected chi connectivity index (χ3v) is 3.05.